The van der Waals surface area contributed by atoms with Crippen LogP contribution >= 0.6 is 0 Å². The lowest BCUT2D eigenvalue weighted by Crippen LogP contribution is -2.45. The Labute approximate surface area is 501 Å². The second kappa shape index (κ2) is 70.1. The Balaban J connectivity index is 3.28. The number of nitrogens with one attached hydrogen (secondary N) is 1. The van der Waals surface area contributed by atoms with E-state index in [1.807, 2.05) is 6.08 Å². The van der Waals surface area contributed by atoms with Crippen molar-refractivity contribution in [2.75, 3.05) is 13.2 Å². The molecule has 0 spiro atoms. The summed E-state index contributed by atoms with van der Waals surface area (Å²) in [5, 5.41) is 23.1. The van der Waals surface area contributed by atoms with Crippen LogP contribution in [0.15, 0.2) is 12.2 Å². The Morgan fingerprint density at radius 3 is 0.850 bits per heavy atom. The first kappa shape index (κ1) is 78.6. The van der Waals surface area contributed by atoms with E-state index in [1.165, 1.54) is 360 Å². The Bertz CT molecular complexity index is 1210. The van der Waals surface area contributed by atoms with Crippen molar-refractivity contribution in [3.05, 3.63) is 12.2 Å². The van der Waals surface area contributed by atoms with Gasteiger partial charge in [0.2, 0.25) is 5.91 Å². The molecule has 0 heterocycles. The molecular formula is C74H145NO5. The van der Waals surface area contributed by atoms with Crippen molar-refractivity contribution >= 4 is 11.9 Å². The van der Waals surface area contributed by atoms with E-state index in [0.717, 1.165) is 38.5 Å². The third-order valence-corrected chi connectivity index (χ3v) is 17.6. The number of esters is 1. The van der Waals surface area contributed by atoms with E-state index in [9.17, 15) is 19.8 Å². The molecule has 1 amide bonds. The lowest BCUT2D eigenvalue weighted by atomic mass is 10.0. The fourth-order valence-corrected chi connectivity index (χ4v) is 11.9. The van der Waals surface area contributed by atoms with Gasteiger partial charge in [-0.15, -0.1) is 0 Å². The molecule has 0 rings (SSSR count). The summed E-state index contributed by atoms with van der Waals surface area (Å²) in [5.74, 6) is -0.0350. The molecule has 0 aromatic carbocycles. The van der Waals surface area contributed by atoms with Gasteiger partial charge >= 0.3 is 5.97 Å². The maximum Gasteiger partial charge on any atom is 0.305 e. The van der Waals surface area contributed by atoms with Crippen molar-refractivity contribution in [2.24, 2.45) is 0 Å². The SMILES string of the molecule is CCCCCCCCCCC/C=C/C(O)C(CO)NC(=O)CCCCCCCCCCCCCCCCCCCCCCCCCCCCCCCCCCCOC(=O)CCCCCCCCCCCCCCCCCCCCC. The molecular weight excluding hydrogens is 983 g/mol. The molecule has 0 aliphatic rings. The molecule has 476 valence electrons. The van der Waals surface area contributed by atoms with Gasteiger partial charge in [0.25, 0.3) is 0 Å². The van der Waals surface area contributed by atoms with Gasteiger partial charge in [-0.3, -0.25) is 9.59 Å². The highest BCUT2D eigenvalue weighted by Crippen LogP contribution is 2.20. The quantitative estimate of drug-likeness (QED) is 0.0320. The number of hydrogen-bond acceptors (Lipinski definition) is 5. The maximum absolute atomic E-state index is 12.4. The third kappa shape index (κ3) is 65.7. The summed E-state index contributed by atoms with van der Waals surface area (Å²) >= 11 is 0. The predicted molar refractivity (Wildman–Crippen MR) is 352 cm³/mol. The Kier molecular flexibility index (Phi) is 68.9. The monoisotopic (exact) mass is 1130 g/mol. The van der Waals surface area contributed by atoms with Gasteiger partial charge in [0.15, 0.2) is 0 Å². The Hall–Kier alpha value is -1.40. The summed E-state index contributed by atoms with van der Waals surface area (Å²) in [4.78, 5) is 24.6. The number of aliphatic hydroxyl groups excluding tert-OH is 2. The van der Waals surface area contributed by atoms with Gasteiger partial charge in [0.1, 0.15) is 0 Å². The molecule has 6 heteroatoms. The zero-order valence-corrected chi connectivity index (χ0v) is 54.6. The first-order valence-corrected chi connectivity index (χ1v) is 37.0. The van der Waals surface area contributed by atoms with Gasteiger partial charge in [-0.05, 0) is 32.1 Å². The van der Waals surface area contributed by atoms with Gasteiger partial charge in [0.05, 0.1) is 25.4 Å². The zero-order chi connectivity index (χ0) is 57.8. The number of amides is 1. The molecule has 0 saturated heterocycles. The van der Waals surface area contributed by atoms with Gasteiger partial charge in [-0.2, -0.15) is 0 Å². The van der Waals surface area contributed by atoms with Crippen molar-refractivity contribution in [1.29, 1.82) is 0 Å². The average Bonchev–Trinajstić information content (AvgIpc) is 3.46. The summed E-state index contributed by atoms with van der Waals surface area (Å²) in [7, 11) is 0. The second-order valence-electron chi connectivity index (χ2n) is 25.6. The maximum atomic E-state index is 12.4. The van der Waals surface area contributed by atoms with E-state index in [0.29, 0.717) is 19.4 Å². The summed E-state index contributed by atoms with van der Waals surface area (Å²) in [6, 6.07) is -0.622. The number of rotatable bonds is 70. The molecule has 0 aliphatic heterocycles. The van der Waals surface area contributed by atoms with E-state index in [-0.39, 0.29) is 18.5 Å². The van der Waals surface area contributed by atoms with Gasteiger partial charge < -0.3 is 20.3 Å². The van der Waals surface area contributed by atoms with Crippen molar-refractivity contribution in [2.45, 2.75) is 437 Å². The van der Waals surface area contributed by atoms with Gasteiger partial charge in [-0.1, -0.05) is 392 Å². The normalized spacial score (nSPS) is 12.5. The van der Waals surface area contributed by atoms with Crippen LogP contribution < -0.4 is 5.32 Å². The van der Waals surface area contributed by atoms with Crippen LogP contribution in [0.2, 0.25) is 0 Å². The highest BCUT2D eigenvalue weighted by atomic mass is 16.5. The summed E-state index contributed by atoms with van der Waals surface area (Å²) < 4.78 is 5.52. The lowest BCUT2D eigenvalue weighted by Gasteiger charge is -2.20. The molecule has 0 aromatic rings. The van der Waals surface area contributed by atoms with Crippen LogP contribution in [0.5, 0.6) is 0 Å². The summed E-state index contributed by atoms with van der Waals surface area (Å²) in [6.07, 6.45) is 87.6. The van der Waals surface area contributed by atoms with E-state index in [1.54, 1.807) is 6.08 Å². The number of hydrogen-bond donors (Lipinski definition) is 3. The number of carbonyl (C=O) groups excluding carboxylic acids is 2. The number of unbranched alkanes of at least 4 members (excludes halogenated alkanes) is 59. The van der Waals surface area contributed by atoms with Crippen molar-refractivity contribution in [1.82, 2.24) is 5.32 Å². The largest absolute Gasteiger partial charge is 0.466 e. The van der Waals surface area contributed by atoms with E-state index < -0.39 is 12.1 Å². The second-order valence-corrected chi connectivity index (χ2v) is 25.6. The first-order valence-electron chi connectivity index (χ1n) is 37.0. The lowest BCUT2D eigenvalue weighted by molar-refractivity contribution is -0.143. The van der Waals surface area contributed by atoms with Crippen LogP contribution in [0.1, 0.15) is 425 Å². The molecule has 2 atom stereocenters. The van der Waals surface area contributed by atoms with Crippen LogP contribution in [-0.2, 0) is 14.3 Å². The predicted octanol–water partition coefficient (Wildman–Crippen LogP) is 23.9. The van der Waals surface area contributed by atoms with Crippen LogP contribution in [0, 0.1) is 0 Å². The number of ether oxygens (including phenoxy) is 1. The summed E-state index contributed by atoms with van der Waals surface area (Å²) in [6.45, 7) is 4.94. The first-order chi connectivity index (χ1) is 39.5. The third-order valence-electron chi connectivity index (χ3n) is 17.6. The van der Waals surface area contributed by atoms with Crippen LogP contribution in [-0.4, -0.2) is 47.4 Å². The minimum Gasteiger partial charge on any atom is -0.466 e. The van der Waals surface area contributed by atoms with E-state index in [2.05, 4.69) is 19.2 Å². The number of carbonyl (C=O) groups is 2. The van der Waals surface area contributed by atoms with E-state index in [4.69, 9.17) is 4.74 Å². The van der Waals surface area contributed by atoms with Gasteiger partial charge in [0, 0.05) is 12.8 Å². The van der Waals surface area contributed by atoms with Crippen molar-refractivity contribution in [3.8, 4) is 0 Å². The molecule has 0 bridgehead atoms. The highest BCUT2D eigenvalue weighted by molar-refractivity contribution is 5.76. The molecule has 0 saturated carbocycles. The molecule has 0 radical (unpaired) electrons. The highest BCUT2D eigenvalue weighted by Gasteiger charge is 2.18. The Morgan fingerprint density at radius 2 is 0.575 bits per heavy atom. The number of allylic oxidation sites excluding steroid dienone is 1. The molecule has 6 nitrogen and oxygen atoms in total. The molecule has 80 heavy (non-hydrogen) atoms. The van der Waals surface area contributed by atoms with Gasteiger partial charge in [-0.25, -0.2) is 0 Å². The molecule has 0 aliphatic carbocycles. The topological polar surface area (TPSA) is 95.9 Å². The minimum atomic E-state index is -0.839. The molecule has 0 fully saturated rings. The zero-order valence-electron chi connectivity index (χ0n) is 54.6. The number of aliphatic hydroxyl groups is 2. The standard InChI is InChI=1S/C74H145NO5/c1-3-5-7-9-11-13-15-16-17-18-34-38-41-44-48-52-56-60-64-68-74(79)80-69-65-61-57-53-49-45-42-39-36-33-31-29-27-25-23-21-19-20-22-24-26-28-30-32-35-37-40-43-47-51-55-59-63-67-73(78)75-71(70-76)72(77)66-62-58-54-50-46-14-12-10-8-6-4-2/h62,66,71-72,76-77H,3-61,63-65,67-70H2,1-2H3,(H,75,78)/b66-62+. The smallest absolute Gasteiger partial charge is 0.305 e. The van der Waals surface area contributed by atoms with Crippen LogP contribution in [0.3, 0.4) is 0 Å². The van der Waals surface area contributed by atoms with Crippen LogP contribution in [0.25, 0.3) is 0 Å². The minimum absolute atomic E-state index is 0.0272. The molecule has 3 N–H and O–H groups in total. The van der Waals surface area contributed by atoms with Crippen molar-refractivity contribution in [3.63, 3.8) is 0 Å². The fraction of sp³-hybridized carbons (Fsp3) is 0.946. The summed E-state index contributed by atoms with van der Waals surface area (Å²) in [5.41, 5.74) is 0. The molecule has 2 unspecified atom stereocenters. The van der Waals surface area contributed by atoms with E-state index >= 15 is 0 Å². The van der Waals surface area contributed by atoms with Crippen LogP contribution in [0.4, 0.5) is 0 Å². The fourth-order valence-electron chi connectivity index (χ4n) is 11.9. The molecule has 0 aromatic heterocycles. The Morgan fingerprint density at radius 1 is 0.338 bits per heavy atom. The average molecular weight is 1130 g/mol. The van der Waals surface area contributed by atoms with Crippen molar-refractivity contribution < 1.29 is 24.5 Å².